The summed E-state index contributed by atoms with van der Waals surface area (Å²) in [4.78, 5) is 0. The number of hydrogen-bond donors (Lipinski definition) is 0. The van der Waals surface area contributed by atoms with Crippen LogP contribution in [0.1, 0.15) is 44.9 Å². The number of ether oxygens (including phenoxy) is 3. The zero-order valence-electron chi connectivity index (χ0n) is 14.6. The predicted molar refractivity (Wildman–Crippen MR) is 97.4 cm³/mol. The van der Waals surface area contributed by atoms with Crippen LogP contribution in [0.2, 0.25) is 0 Å². The van der Waals surface area contributed by atoms with E-state index in [1.165, 1.54) is 12.8 Å². The van der Waals surface area contributed by atoms with Crippen molar-refractivity contribution < 1.29 is 14.2 Å². The Hall–Kier alpha value is -1.92. The Labute approximate surface area is 146 Å². The summed E-state index contributed by atoms with van der Waals surface area (Å²) in [5, 5.41) is 0. The number of rotatable bonds is 10. The summed E-state index contributed by atoms with van der Waals surface area (Å²) < 4.78 is 17.4. The smallest absolute Gasteiger partial charge is 0.143 e. The highest BCUT2D eigenvalue weighted by Gasteiger charge is 2.31. The lowest BCUT2D eigenvalue weighted by atomic mass is 10.1. The molecule has 0 spiro atoms. The Kier molecular flexibility index (Phi) is 7.71. The molecule has 0 aromatic heterocycles. The highest BCUT2D eigenvalue weighted by atomic mass is 16.6. The molecule has 0 bridgehead atoms. The van der Waals surface area contributed by atoms with Gasteiger partial charge in [-0.25, -0.2) is 0 Å². The standard InChI is InChI=1S/C21H28O3/c1-4-6-7-8-9-10-18-15-16-21(24-18)20(5-2)23-19-13-11-17(22-3)12-14-19/h1,5,11-14,18,20-21H,2,6-10,15-16H2,3H3/t18-,20+,21+/m1/s1. The van der Waals surface area contributed by atoms with Gasteiger partial charge in [-0.3, -0.25) is 0 Å². The van der Waals surface area contributed by atoms with Crippen LogP contribution >= 0.6 is 0 Å². The maximum atomic E-state index is 6.18. The zero-order chi connectivity index (χ0) is 17.2. The number of terminal acetylenes is 1. The van der Waals surface area contributed by atoms with Crippen LogP contribution in [0, 0.1) is 12.3 Å². The minimum Gasteiger partial charge on any atom is -0.497 e. The predicted octanol–water partition coefficient (Wildman–Crippen LogP) is 4.76. The van der Waals surface area contributed by atoms with Crippen molar-refractivity contribution in [3.63, 3.8) is 0 Å². The van der Waals surface area contributed by atoms with Crippen LogP contribution < -0.4 is 9.47 Å². The van der Waals surface area contributed by atoms with Crippen molar-refractivity contribution in [1.82, 2.24) is 0 Å². The van der Waals surface area contributed by atoms with E-state index in [1.54, 1.807) is 7.11 Å². The molecule has 0 aliphatic carbocycles. The fourth-order valence-corrected chi connectivity index (χ4v) is 3.05. The van der Waals surface area contributed by atoms with Gasteiger partial charge in [-0.05, 0) is 56.0 Å². The van der Waals surface area contributed by atoms with Crippen LogP contribution in [0.3, 0.4) is 0 Å². The molecular weight excluding hydrogens is 300 g/mol. The minimum atomic E-state index is -0.121. The van der Waals surface area contributed by atoms with Crippen LogP contribution in [0.5, 0.6) is 11.5 Å². The maximum absolute atomic E-state index is 6.18. The van der Waals surface area contributed by atoms with Gasteiger partial charge in [0, 0.05) is 6.42 Å². The summed E-state index contributed by atoms with van der Waals surface area (Å²) in [6.45, 7) is 3.91. The third kappa shape index (κ3) is 5.62. The Bertz CT molecular complexity index is 529. The first kappa shape index (κ1) is 18.4. The summed E-state index contributed by atoms with van der Waals surface area (Å²) in [5.41, 5.74) is 0. The van der Waals surface area contributed by atoms with Gasteiger partial charge in [-0.15, -0.1) is 12.3 Å². The second kappa shape index (κ2) is 10.1. The molecule has 0 radical (unpaired) electrons. The highest BCUT2D eigenvalue weighted by molar-refractivity contribution is 5.31. The maximum Gasteiger partial charge on any atom is 0.143 e. The van der Waals surface area contributed by atoms with E-state index in [0.717, 1.165) is 43.6 Å². The van der Waals surface area contributed by atoms with Gasteiger partial charge >= 0.3 is 0 Å². The monoisotopic (exact) mass is 328 g/mol. The van der Waals surface area contributed by atoms with E-state index in [9.17, 15) is 0 Å². The quantitative estimate of drug-likeness (QED) is 0.352. The lowest BCUT2D eigenvalue weighted by Crippen LogP contribution is -2.30. The Morgan fingerprint density at radius 2 is 2.00 bits per heavy atom. The molecule has 3 nitrogen and oxygen atoms in total. The first-order valence-electron chi connectivity index (χ1n) is 8.79. The molecule has 0 N–H and O–H groups in total. The molecule has 130 valence electrons. The van der Waals surface area contributed by atoms with Crippen molar-refractivity contribution in [1.29, 1.82) is 0 Å². The number of hydrogen-bond acceptors (Lipinski definition) is 3. The van der Waals surface area contributed by atoms with E-state index in [2.05, 4.69) is 12.5 Å². The molecule has 1 aliphatic rings. The molecule has 24 heavy (non-hydrogen) atoms. The lowest BCUT2D eigenvalue weighted by Gasteiger charge is -2.22. The van der Waals surface area contributed by atoms with E-state index >= 15 is 0 Å². The van der Waals surface area contributed by atoms with Crippen LogP contribution in [-0.2, 0) is 4.74 Å². The van der Waals surface area contributed by atoms with Gasteiger partial charge in [0.25, 0.3) is 0 Å². The van der Waals surface area contributed by atoms with E-state index in [0.29, 0.717) is 6.10 Å². The molecule has 1 aromatic carbocycles. The van der Waals surface area contributed by atoms with Gasteiger partial charge in [0.1, 0.15) is 17.6 Å². The molecule has 1 aliphatic heterocycles. The fraction of sp³-hybridized carbons (Fsp3) is 0.524. The first-order chi connectivity index (χ1) is 11.8. The molecule has 1 heterocycles. The van der Waals surface area contributed by atoms with Crippen LogP contribution in [0.15, 0.2) is 36.9 Å². The first-order valence-corrected chi connectivity index (χ1v) is 8.79. The van der Waals surface area contributed by atoms with Gasteiger partial charge in [0.05, 0.1) is 19.3 Å². The molecule has 3 heteroatoms. The van der Waals surface area contributed by atoms with Crippen LogP contribution in [0.25, 0.3) is 0 Å². The second-order valence-electron chi connectivity index (χ2n) is 6.17. The van der Waals surface area contributed by atoms with Gasteiger partial charge in [0.2, 0.25) is 0 Å². The van der Waals surface area contributed by atoms with Crippen molar-refractivity contribution >= 4 is 0 Å². The van der Waals surface area contributed by atoms with Gasteiger partial charge in [-0.2, -0.15) is 0 Å². The molecule has 0 unspecified atom stereocenters. The van der Waals surface area contributed by atoms with Crippen LogP contribution in [0.4, 0.5) is 0 Å². The fourth-order valence-electron chi connectivity index (χ4n) is 3.05. The van der Waals surface area contributed by atoms with Crippen molar-refractivity contribution in [3.05, 3.63) is 36.9 Å². The molecule has 2 rings (SSSR count). The SMILES string of the molecule is C#CCCCCC[C@@H]1CC[C@@H]([C@H](C=C)Oc2ccc(OC)cc2)O1. The van der Waals surface area contributed by atoms with Gasteiger partial charge in [-0.1, -0.05) is 19.4 Å². The molecule has 3 atom stereocenters. The summed E-state index contributed by atoms with van der Waals surface area (Å²) in [7, 11) is 1.65. The number of methoxy groups -OCH3 is 1. The molecule has 1 fully saturated rings. The average Bonchev–Trinajstić information content (AvgIpc) is 3.08. The molecular formula is C21H28O3. The Morgan fingerprint density at radius 3 is 2.67 bits per heavy atom. The van der Waals surface area contributed by atoms with Crippen molar-refractivity contribution in [2.24, 2.45) is 0 Å². The number of unbranched alkanes of at least 4 members (excludes halogenated alkanes) is 3. The normalized spacial score (nSPS) is 21.0. The van der Waals surface area contributed by atoms with Crippen molar-refractivity contribution in [2.75, 3.05) is 7.11 Å². The average molecular weight is 328 g/mol. The second-order valence-corrected chi connectivity index (χ2v) is 6.17. The summed E-state index contributed by atoms with van der Waals surface area (Å²) in [6, 6.07) is 7.61. The van der Waals surface area contributed by atoms with E-state index in [1.807, 2.05) is 30.3 Å². The number of benzene rings is 1. The van der Waals surface area contributed by atoms with E-state index in [-0.39, 0.29) is 12.2 Å². The highest BCUT2D eigenvalue weighted by Crippen LogP contribution is 2.29. The third-order valence-corrected chi connectivity index (χ3v) is 4.42. The van der Waals surface area contributed by atoms with Gasteiger partial charge < -0.3 is 14.2 Å². The van der Waals surface area contributed by atoms with Crippen molar-refractivity contribution in [3.8, 4) is 23.8 Å². The Morgan fingerprint density at radius 1 is 1.25 bits per heavy atom. The Balaban J connectivity index is 1.77. The molecule has 1 saturated heterocycles. The lowest BCUT2D eigenvalue weighted by molar-refractivity contribution is -0.0100. The molecule has 1 aromatic rings. The van der Waals surface area contributed by atoms with Crippen molar-refractivity contribution in [2.45, 2.75) is 63.3 Å². The summed E-state index contributed by atoms with van der Waals surface area (Å²) in [5.74, 6) is 4.32. The molecule has 0 amide bonds. The zero-order valence-corrected chi connectivity index (χ0v) is 14.6. The third-order valence-electron chi connectivity index (χ3n) is 4.42. The van der Waals surface area contributed by atoms with Crippen LogP contribution in [-0.4, -0.2) is 25.4 Å². The minimum absolute atomic E-state index is 0.0836. The summed E-state index contributed by atoms with van der Waals surface area (Å²) in [6.07, 6.45) is 15.0. The topological polar surface area (TPSA) is 27.7 Å². The largest absolute Gasteiger partial charge is 0.497 e. The summed E-state index contributed by atoms with van der Waals surface area (Å²) >= 11 is 0. The van der Waals surface area contributed by atoms with Gasteiger partial charge in [0.15, 0.2) is 0 Å². The van der Waals surface area contributed by atoms with E-state index in [4.69, 9.17) is 20.6 Å². The van der Waals surface area contributed by atoms with E-state index < -0.39 is 0 Å². The molecule has 0 saturated carbocycles.